The molecule has 15 valence electrons. The fourth-order valence-electron chi connectivity index (χ4n) is 0. The van der Waals surface area contributed by atoms with Gasteiger partial charge in [0.15, 0.2) is 0 Å². The average Bonchev–Trinajstić information content (AvgIpc) is 0. The van der Waals surface area contributed by atoms with Gasteiger partial charge in [0.2, 0.25) is 0 Å². The van der Waals surface area contributed by atoms with Crippen molar-refractivity contribution in [2.75, 3.05) is 0 Å². The van der Waals surface area contributed by atoms with E-state index >= 15 is 0 Å². The minimum absolute atomic E-state index is 0. The molecule has 0 bridgehead atoms. The van der Waals surface area contributed by atoms with Crippen LogP contribution in [0.4, 0.5) is 0 Å². The zero-order valence-electron chi connectivity index (χ0n) is 2.10. The quantitative estimate of drug-likeness (QED) is 0.475. The van der Waals surface area contributed by atoms with Gasteiger partial charge >= 0.3 is 19.8 Å². The van der Waals surface area contributed by atoms with Crippen molar-refractivity contribution in [1.82, 2.24) is 0 Å². The Morgan fingerprint density at radius 3 is 1.00 bits per heavy atom. The van der Waals surface area contributed by atoms with E-state index in [0.717, 1.165) is 0 Å². The molecule has 0 aliphatic heterocycles. The van der Waals surface area contributed by atoms with Crippen LogP contribution in [0.5, 0.6) is 0 Å². The van der Waals surface area contributed by atoms with E-state index in [1.807, 2.05) is 0 Å². The van der Waals surface area contributed by atoms with E-state index in [0.29, 0.717) is 0 Å². The molecule has 0 amide bonds. The average molecular weight is 288 g/mol. The normalized spacial score (nSPS) is 0. The summed E-state index contributed by atoms with van der Waals surface area (Å²) in [7, 11) is 0. The molecule has 7 radical (unpaired) electrons. The van der Waals surface area contributed by atoms with Crippen LogP contribution in [0.15, 0.2) is 0 Å². The summed E-state index contributed by atoms with van der Waals surface area (Å²) in [6.45, 7) is 0. The van der Waals surface area contributed by atoms with Gasteiger partial charge in [-0.05, 0) is 0 Å². The smallest absolute Gasteiger partial charge is 3.00 e. The third-order valence-electron chi connectivity index (χ3n) is 0. The van der Waals surface area contributed by atoms with Crippen molar-refractivity contribution >= 4 is 74.6 Å². The first kappa shape index (κ1) is 33.7. The van der Waals surface area contributed by atoms with Gasteiger partial charge in [0, 0.05) is 36.8 Å². The van der Waals surface area contributed by atoms with Gasteiger partial charge in [-0.2, -0.15) is 0 Å². The molecule has 0 spiro atoms. The minimum Gasteiger partial charge on any atom is -3.00 e. The topological polar surface area (TPSA) is 0 Å². The Kier molecular flexibility index (Phi) is 156. The zero-order chi connectivity index (χ0) is 0. The van der Waals surface area contributed by atoms with Gasteiger partial charge in [-0.1, -0.05) is 0 Å². The van der Waals surface area contributed by atoms with Gasteiger partial charge in [-0.25, -0.2) is 0 Å². The number of rotatable bonds is 0. The maximum Gasteiger partial charge on any atom is 3.00 e. The van der Waals surface area contributed by atoms with Crippen molar-refractivity contribution in [2.24, 2.45) is 0 Å². The molecule has 0 unspecified atom stereocenters. The summed E-state index contributed by atoms with van der Waals surface area (Å²) in [6.07, 6.45) is 0. The second kappa shape index (κ2) is 18.6. The summed E-state index contributed by atoms with van der Waals surface area (Å²) < 4.78 is 0. The Bertz CT molecular complexity index is 8.00. The van der Waals surface area contributed by atoms with Crippen LogP contribution >= 0.6 is 0 Å². The van der Waals surface area contributed by atoms with Gasteiger partial charge in [0.1, 0.15) is 0 Å². The molecule has 0 fully saturated rings. The molecular formula is AsGaInSi. The molecule has 0 atom stereocenters. The number of hydrogen-bond acceptors (Lipinski definition) is 0. The largest absolute Gasteiger partial charge is 3.00 e. The van der Waals surface area contributed by atoms with Crippen LogP contribution in [-0.4, -0.2) is 74.6 Å². The summed E-state index contributed by atoms with van der Waals surface area (Å²) in [5.74, 6) is 0. The summed E-state index contributed by atoms with van der Waals surface area (Å²) in [5.41, 5.74) is 0. The fraction of sp³-hybridized carbons (Fsp3) is 0. The molecule has 0 aliphatic rings. The fourth-order valence-corrected chi connectivity index (χ4v) is 0. The van der Waals surface area contributed by atoms with Gasteiger partial charge in [0.05, 0.1) is 0 Å². The first-order valence-corrected chi connectivity index (χ1v) is 0. The Balaban J connectivity index is 0. The molecular weight excluding hydrogens is 288 g/mol. The van der Waals surface area contributed by atoms with Crippen LogP contribution in [0.25, 0.3) is 0 Å². The van der Waals surface area contributed by atoms with Crippen LogP contribution < -0.4 is 0 Å². The minimum atomic E-state index is 0. The first-order valence-electron chi connectivity index (χ1n) is 0. The van der Waals surface area contributed by atoms with Crippen molar-refractivity contribution in [3.8, 4) is 0 Å². The van der Waals surface area contributed by atoms with Crippen molar-refractivity contribution in [3.63, 3.8) is 0 Å². The molecule has 0 rings (SSSR count). The van der Waals surface area contributed by atoms with Gasteiger partial charge in [0.25, 0.3) is 0 Å². The Hall–Kier alpha value is 2.28. The molecule has 0 saturated heterocycles. The Morgan fingerprint density at radius 1 is 1.00 bits per heavy atom. The van der Waals surface area contributed by atoms with Crippen LogP contribution in [0.2, 0.25) is 0 Å². The number of hydrogen-bond donors (Lipinski definition) is 0. The van der Waals surface area contributed by atoms with E-state index in [-0.39, 0.29) is 74.6 Å². The second-order valence-corrected chi connectivity index (χ2v) is 0. The SMILES string of the molecule is [As-3].[Ga+3].[In].[Si]. The standard InChI is InChI=1S/As.Ga.In.Si/q-3;+3;;. The van der Waals surface area contributed by atoms with E-state index in [2.05, 4.69) is 0 Å². The van der Waals surface area contributed by atoms with Crippen LogP contribution in [0.1, 0.15) is 0 Å². The molecule has 4 heteroatoms. The third kappa shape index (κ3) is 8.86. The summed E-state index contributed by atoms with van der Waals surface area (Å²) in [5, 5.41) is 0. The van der Waals surface area contributed by atoms with E-state index in [1.54, 1.807) is 0 Å². The molecule has 0 saturated carbocycles. The summed E-state index contributed by atoms with van der Waals surface area (Å²) in [6, 6.07) is 0. The second-order valence-electron chi connectivity index (χ2n) is 0. The molecule has 0 N–H and O–H groups in total. The van der Waals surface area contributed by atoms with Crippen LogP contribution in [-0.2, 0) is 0 Å². The molecule has 0 aromatic rings. The van der Waals surface area contributed by atoms with E-state index in [9.17, 15) is 0 Å². The van der Waals surface area contributed by atoms with Gasteiger partial charge in [-0.3, -0.25) is 0 Å². The monoisotopic (exact) mass is 287 g/mol. The van der Waals surface area contributed by atoms with Crippen molar-refractivity contribution in [3.05, 3.63) is 0 Å². The van der Waals surface area contributed by atoms with Crippen molar-refractivity contribution in [1.29, 1.82) is 0 Å². The molecule has 4 heavy (non-hydrogen) atoms. The summed E-state index contributed by atoms with van der Waals surface area (Å²) >= 11 is 0. The maximum atomic E-state index is 0. The third-order valence-corrected chi connectivity index (χ3v) is 0. The molecule has 0 aliphatic carbocycles. The predicted molar refractivity (Wildman–Crippen MR) is 23.0 cm³/mol. The Labute approximate surface area is 73.7 Å². The van der Waals surface area contributed by atoms with Gasteiger partial charge < -0.3 is 18.0 Å². The van der Waals surface area contributed by atoms with E-state index in [4.69, 9.17) is 0 Å². The summed E-state index contributed by atoms with van der Waals surface area (Å²) in [4.78, 5) is 0. The van der Waals surface area contributed by atoms with Crippen molar-refractivity contribution in [2.45, 2.75) is 0 Å². The van der Waals surface area contributed by atoms with E-state index < -0.39 is 0 Å². The van der Waals surface area contributed by atoms with Crippen molar-refractivity contribution < 1.29 is 0 Å². The molecule has 0 aromatic carbocycles. The Morgan fingerprint density at radius 2 is 1.00 bits per heavy atom. The zero-order valence-corrected chi connectivity index (χ0v) is 10.7. The molecule has 0 nitrogen and oxygen atoms in total. The first-order chi connectivity index (χ1) is 0. The van der Waals surface area contributed by atoms with Crippen LogP contribution in [0, 0.1) is 0 Å². The van der Waals surface area contributed by atoms with Gasteiger partial charge in [-0.15, -0.1) is 0 Å². The molecule has 0 aromatic heterocycles. The van der Waals surface area contributed by atoms with E-state index in [1.165, 1.54) is 0 Å². The predicted octanol–water partition coefficient (Wildman–Crippen LogP) is -1.52. The van der Waals surface area contributed by atoms with Crippen LogP contribution in [0.3, 0.4) is 0 Å². The maximum absolute atomic E-state index is 0. The molecule has 0 heterocycles.